The van der Waals surface area contributed by atoms with E-state index in [9.17, 15) is 14.4 Å². The summed E-state index contributed by atoms with van der Waals surface area (Å²) in [7, 11) is 0. The minimum absolute atomic E-state index is 0.110. The predicted octanol–water partition coefficient (Wildman–Crippen LogP) is 19.5. The van der Waals surface area contributed by atoms with Crippen molar-refractivity contribution in [3.8, 4) is 0 Å². The Morgan fingerprint density at radius 1 is 0.319 bits per heavy atom. The summed E-state index contributed by atoms with van der Waals surface area (Å²) >= 11 is 0. The first-order valence-electron chi connectivity index (χ1n) is 29.1. The van der Waals surface area contributed by atoms with E-state index in [-0.39, 0.29) is 31.6 Å². The smallest absolute Gasteiger partial charge is 0.309 e. The maximum absolute atomic E-state index is 12.8. The second-order valence-corrected chi connectivity index (χ2v) is 19.2. The maximum atomic E-state index is 12.8. The van der Waals surface area contributed by atoms with Crippen molar-refractivity contribution in [1.29, 1.82) is 0 Å². The third-order valence-corrected chi connectivity index (χ3v) is 12.4. The van der Waals surface area contributed by atoms with E-state index in [2.05, 4.69) is 93.7 Å². The van der Waals surface area contributed by atoms with Crippen LogP contribution in [-0.2, 0) is 28.6 Å². The summed E-state index contributed by atoms with van der Waals surface area (Å²) < 4.78 is 16.8. The highest BCUT2D eigenvalue weighted by Crippen LogP contribution is 2.16. The predicted molar refractivity (Wildman–Crippen MR) is 297 cm³/mol. The van der Waals surface area contributed by atoms with Gasteiger partial charge in [0, 0.05) is 12.8 Å². The molecular formula is C63H108O6. The van der Waals surface area contributed by atoms with E-state index in [4.69, 9.17) is 14.2 Å². The minimum atomic E-state index is -0.823. The summed E-state index contributed by atoms with van der Waals surface area (Å²) in [6, 6.07) is 0. The number of hydrogen-bond acceptors (Lipinski definition) is 6. The van der Waals surface area contributed by atoms with Crippen LogP contribution in [0, 0.1) is 0 Å². The number of rotatable bonds is 52. The molecule has 0 bridgehead atoms. The Hall–Kier alpha value is -3.41. The van der Waals surface area contributed by atoms with Crippen molar-refractivity contribution in [2.45, 2.75) is 284 Å². The molecule has 0 rings (SSSR count). The molecule has 6 nitrogen and oxygen atoms in total. The molecule has 0 heterocycles. The summed E-state index contributed by atoms with van der Waals surface area (Å²) in [6.45, 7) is 6.43. The van der Waals surface area contributed by atoms with Crippen LogP contribution in [0.4, 0.5) is 0 Å². The molecule has 0 aliphatic rings. The van der Waals surface area contributed by atoms with Crippen LogP contribution in [0.25, 0.3) is 0 Å². The van der Waals surface area contributed by atoms with E-state index in [0.717, 1.165) is 96.3 Å². The summed E-state index contributed by atoms with van der Waals surface area (Å²) in [5.41, 5.74) is 0. The van der Waals surface area contributed by atoms with Crippen LogP contribution in [0.15, 0.2) is 85.1 Å². The van der Waals surface area contributed by atoms with Crippen LogP contribution in [0.2, 0.25) is 0 Å². The van der Waals surface area contributed by atoms with Crippen molar-refractivity contribution < 1.29 is 28.6 Å². The van der Waals surface area contributed by atoms with Crippen LogP contribution in [-0.4, -0.2) is 37.2 Å². The maximum Gasteiger partial charge on any atom is 0.309 e. The van der Waals surface area contributed by atoms with Crippen molar-refractivity contribution >= 4 is 17.9 Å². The van der Waals surface area contributed by atoms with Crippen LogP contribution in [0.1, 0.15) is 278 Å². The van der Waals surface area contributed by atoms with Gasteiger partial charge in [0.25, 0.3) is 0 Å². The van der Waals surface area contributed by atoms with Gasteiger partial charge in [-0.05, 0) is 77.0 Å². The van der Waals surface area contributed by atoms with Gasteiger partial charge >= 0.3 is 17.9 Å². The Labute approximate surface area is 426 Å². The van der Waals surface area contributed by atoms with Crippen molar-refractivity contribution in [3.05, 3.63) is 85.1 Å². The van der Waals surface area contributed by atoms with Crippen molar-refractivity contribution in [2.75, 3.05) is 13.2 Å². The molecular weight excluding hydrogens is 853 g/mol. The Bertz CT molecular complexity index is 1330. The molecule has 69 heavy (non-hydrogen) atoms. The van der Waals surface area contributed by atoms with Crippen LogP contribution in [0.3, 0.4) is 0 Å². The van der Waals surface area contributed by atoms with E-state index >= 15 is 0 Å². The Balaban J connectivity index is 4.45. The largest absolute Gasteiger partial charge is 0.462 e. The molecule has 0 N–H and O–H groups in total. The van der Waals surface area contributed by atoms with Crippen LogP contribution >= 0.6 is 0 Å². The summed E-state index contributed by atoms with van der Waals surface area (Å²) in [5, 5.41) is 0. The Morgan fingerprint density at radius 3 is 1.03 bits per heavy atom. The lowest BCUT2D eigenvalue weighted by Gasteiger charge is -2.18. The van der Waals surface area contributed by atoms with Gasteiger partial charge in [0.2, 0.25) is 0 Å². The van der Waals surface area contributed by atoms with E-state index in [1.807, 2.05) is 6.08 Å². The molecule has 0 radical (unpaired) electrons. The minimum Gasteiger partial charge on any atom is -0.462 e. The number of ether oxygens (including phenoxy) is 3. The lowest BCUT2D eigenvalue weighted by Crippen LogP contribution is -2.30. The number of allylic oxidation sites excluding steroid dienone is 13. The monoisotopic (exact) mass is 961 g/mol. The first-order valence-corrected chi connectivity index (χ1v) is 29.1. The zero-order valence-corrected chi connectivity index (χ0v) is 45.3. The second kappa shape index (κ2) is 57.2. The average molecular weight is 962 g/mol. The second-order valence-electron chi connectivity index (χ2n) is 19.2. The summed E-state index contributed by atoms with van der Waals surface area (Å²) in [4.78, 5) is 38.1. The SMILES string of the molecule is CC/C=C\C/C=C\C/C=C\C/C=C\C/C=C\CC(=O)OCC(COC(=O)CCCCCCCCCCCCCCCCCCCCCC)OC(=O)CCCCCCC/C=C\C/C=C\CCCCCC. The molecule has 0 saturated heterocycles. The zero-order chi connectivity index (χ0) is 50.0. The van der Waals surface area contributed by atoms with Crippen molar-refractivity contribution in [3.63, 3.8) is 0 Å². The highest BCUT2D eigenvalue weighted by Gasteiger charge is 2.19. The topological polar surface area (TPSA) is 78.9 Å². The molecule has 0 aromatic carbocycles. The molecule has 0 fully saturated rings. The van der Waals surface area contributed by atoms with Crippen LogP contribution < -0.4 is 0 Å². The van der Waals surface area contributed by atoms with Gasteiger partial charge in [0.15, 0.2) is 6.10 Å². The molecule has 0 aromatic rings. The standard InChI is InChI=1S/C63H108O6/c1-4-7-10-13-16-19-22-25-28-30-31-32-33-36-38-41-44-47-50-53-56-62(65)68-59-60(58-67-61(64)55-52-49-46-43-40-37-34-27-24-21-18-15-12-9-6-3)69-63(66)57-54-51-48-45-42-39-35-29-26-23-20-17-14-11-8-5-2/h9,12,18,20-21,23,27,29,34-35,40,43,49,52,60H,4-8,10-11,13-17,19,22,24-26,28,30-33,36-39,41-42,44-48,50-51,53-59H2,1-3H3/b12-9-,21-18-,23-20-,34-27-,35-29-,43-40-,52-49-. The van der Waals surface area contributed by atoms with Gasteiger partial charge in [0.1, 0.15) is 13.2 Å². The highest BCUT2D eigenvalue weighted by molar-refractivity contribution is 5.72. The van der Waals surface area contributed by atoms with Crippen LogP contribution in [0.5, 0.6) is 0 Å². The van der Waals surface area contributed by atoms with E-state index < -0.39 is 12.1 Å². The molecule has 1 atom stereocenters. The van der Waals surface area contributed by atoms with Gasteiger partial charge in [-0.1, -0.05) is 266 Å². The van der Waals surface area contributed by atoms with E-state index in [1.54, 1.807) is 6.08 Å². The lowest BCUT2D eigenvalue weighted by molar-refractivity contribution is -0.166. The van der Waals surface area contributed by atoms with E-state index in [1.165, 1.54) is 141 Å². The molecule has 396 valence electrons. The van der Waals surface area contributed by atoms with Gasteiger partial charge in [-0.3, -0.25) is 14.4 Å². The fraction of sp³-hybridized carbons (Fsp3) is 0.730. The molecule has 0 spiro atoms. The van der Waals surface area contributed by atoms with Gasteiger partial charge in [-0.25, -0.2) is 0 Å². The lowest BCUT2D eigenvalue weighted by atomic mass is 10.0. The van der Waals surface area contributed by atoms with Gasteiger partial charge in [-0.15, -0.1) is 0 Å². The number of carbonyl (C=O) groups excluding carboxylic acids is 3. The number of hydrogen-bond donors (Lipinski definition) is 0. The number of carbonyl (C=O) groups is 3. The highest BCUT2D eigenvalue weighted by atomic mass is 16.6. The molecule has 1 unspecified atom stereocenters. The quantitative estimate of drug-likeness (QED) is 0.0262. The van der Waals surface area contributed by atoms with Crippen molar-refractivity contribution in [1.82, 2.24) is 0 Å². The molecule has 6 heteroatoms. The van der Waals surface area contributed by atoms with Gasteiger partial charge < -0.3 is 14.2 Å². The first kappa shape index (κ1) is 65.6. The fourth-order valence-corrected chi connectivity index (χ4v) is 8.08. The number of unbranched alkanes of at least 4 members (excludes halogenated alkanes) is 28. The first-order chi connectivity index (χ1) is 34.0. The van der Waals surface area contributed by atoms with Gasteiger partial charge in [-0.2, -0.15) is 0 Å². The van der Waals surface area contributed by atoms with Crippen molar-refractivity contribution in [2.24, 2.45) is 0 Å². The number of esters is 3. The Morgan fingerprint density at radius 2 is 0.623 bits per heavy atom. The normalized spacial score (nSPS) is 12.7. The molecule has 0 aliphatic carbocycles. The summed E-state index contributed by atoms with van der Waals surface area (Å²) in [5.74, 6) is -1.05. The third kappa shape index (κ3) is 55.4. The fourth-order valence-electron chi connectivity index (χ4n) is 8.08. The molecule has 0 aliphatic heterocycles. The average Bonchev–Trinajstić information content (AvgIpc) is 3.35. The molecule has 0 saturated carbocycles. The zero-order valence-electron chi connectivity index (χ0n) is 45.3. The third-order valence-electron chi connectivity index (χ3n) is 12.4. The molecule has 0 amide bonds. The summed E-state index contributed by atoms with van der Waals surface area (Å²) in [6.07, 6.45) is 74.6. The van der Waals surface area contributed by atoms with E-state index in [0.29, 0.717) is 12.8 Å². The molecule has 0 aromatic heterocycles. The Kier molecular flexibility index (Phi) is 54.3. The van der Waals surface area contributed by atoms with Gasteiger partial charge in [0.05, 0.1) is 6.42 Å².